The van der Waals surface area contributed by atoms with Crippen molar-refractivity contribution in [3.8, 4) is 5.75 Å². The molecule has 0 aliphatic carbocycles. The van der Waals surface area contributed by atoms with Gasteiger partial charge in [0.1, 0.15) is 5.75 Å². The van der Waals surface area contributed by atoms with Gasteiger partial charge in [0.15, 0.2) is 23.2 Å². The van der Waals surface area contributed by atoms with Crippen molar-refractivity contribution in [2.24, 2.45) is 0 Å². The molecule has 21 heavy (non-hydrogen) atoms. The molecular weight excluding hydrogens is 349 g/mol. The van der Waals surface area contributed by atoms with E-state index >= 15 is 0 Å². The molecule has 0 aliphatic heterocycles. The normalized spacial score (nSPS) is 10.5. The van der Waals surface area contributed by atoms with Gasteiger partial charge in [-0.25, -0.2) is 13.2 Å². The Kier molecular flexibility index (Phi) is 4.67. The summed E-state index contributed by atoms with van der Waals surface area (Å²) in [5.41, 5.74) is 0.427. The molecule has 2 aromatic carbocycles. The largest absolute Gasteiger partial charge is 0.496 e. The van der Waals surface area contributed by atoms with Crippen LogP contribution in [0.4, 0.5) is 13.2 Å². The van der Waals surface area contributed by atoms with Crippen LogP contribution < -0.4 is 4.74 Å². The molecule has 0 atom stereocenters. The standard InChI is InChI=1S/C15H10BrF3O2/c1-21-14-3-2-8(4-10(14)16)5-13(20)9-6-11(17)15(19)12(18)7-9/h2-4,6-7H,5H2,1H3. The van der Waals surface area contributed by atoms with Gasteiger partial charge < -0.3 is 4.74 Å². The van der Waals surface area contributed by atoms with Gasteiger partial charge in [-0.05, 0) is 45.8 Å². The Morgan fingerprint density at radius 3 is 2.29 bits per heavy atom. The number of ketones is 1. The minimum absolute atomic E-state index is 0.0624. The van der Waals surface area contributed by atoms with Crippen LogP contribution in [-0.4, -0.2) is 12.9 Å². The molecule has 0 aromatic heterocycles. The van der Waals surface area contributed by atoms with E-state index in [-0.39, 0.29) is 12.0 Å². The first-order valence-electron chi connectivity index (χ1n) is 5.92. The van der Waals surface area contributed by atoms with Crippen LogP contribution in [0, 0.1) is 17.5 Å². The van der Waals surface area contributed by atoms with Crippen LogP contribution >= 0.6 is 15.9 Å². The molecule has 0 bridgehead atoms. The molecule has 0 spiro atoms. The lowest BCUT2D eigenvalue weighted by molar-refractivity contribution is 0.0992. The Balaban J connectivity index is 2.24. The molecule has 0 unspecified atom stereocenters. The zero-order chi connectivity index (χ0) is 15.6. The van der Waals surface area contributed by atoms with Gasteiger partial charge in [-0.2, -0.15) is 0 Å². The van der Waals surface area contributed by atoms with E-state index in [4.69, 9.17) is 4.74 Å². The van der Waals surface area contributed by atoms with Crippen LogP contribution in [0.1, 0.15) is 15.9 Å². The fourth-order valence-electron chi connectivity index (χ4n) is 1.82. The summed E-state index contributed by atoms with van der Waals surface area (Å²) >= 11 is 3.28. The number of methoxy groups -OCH3 is 1. The van der Waals surface area contributed by atoms with E-state index in [1.54, 1.807) is 18.2 Å². The molecule has 0 amide bonds. The molecule has 6 heteroatoms. The predicted octanol–water partition coefficient (Wildman–Crippen LogP) is 4.30. The van der Waals surface area contributed by atoms with Gasteiger partial charge >= 0.3 is 0 Å². The van der Waals surface area contributed by atoms with Crippen molar-refractivity contribution in [3.05, 3.63) is 63.4 Å². The lowest BCUT2D eigenvalue weighted by Crippen LogP contribution is -2.06. The maximum absolute atomic E-state index is 13.1. The second-order valence-electron chi connectivity index (χ2n) is 4.32. The highest BCUT2D eigenvalue weighted by Crippen LogP contribution is 2.26. The third-order valence-electron chi connectivity index (χ3n) is 2.89. The average Bonchev–Trinajstić information content (AvgIpc) is 2.44. The summed E-state index contributed by atoms with van der Waals surface area (Å²) in [7, 11) is 1.51. The molecule has 0 saturated carbocycles. The molecule has 110 valence electrons. The molecule has 2 nitrogen and oxygen atoms in total. The van der Waals surface area contributed by atoms with E-state index in [1.807, 2.05) is 0 Å². The summed E-state index contributed by atoms with van der Waals surface area (Å²) in [6.45, 7) is 0. The summed E-state index contributed by atoms with van der Waals surface area (Å²) in [6, 6.07) is 6.39. The molecule has 0 saturated heterocycles. The fraction of sp³-hybridized carbons (Fsp3) is 0.133. The minimum atomic E-state index is -1.58. The number of carbonyl (C=O) groups is 1. The molecule has 0 fully saturated rings. The van der Waals surface area contributed by atoms with Crippen LogP contribution in [-0.2, 0) is 6.42 Å². The highest BCUT2D eigenvalue weighted by Gasteiger charge is 2.15. The van der Waals surface area contributed by atoms with Gasteiger partial charge in [-0.15, -0.1) is 0 Å². The second-order valence-corrected chi connectivity index (χ2v) is 5.18. The van der Waals surface area contributed by atoms with Crippen molar-refractivity contribution in [1.82, 2.24) is 0 Å². The van der Waals surface area contributed by atoms with E-state index in [1.165, 1.54) is 7.11 Å². The first kappa shape index (κ1) is 15.6. The second kappa shape index (κ2) is 6.30. The minimum Gasteiger partial charge on any atom is -0.496 e. The number of ether oxygens (including phenoxy) is 1. The van der Waals surface area contributed by atoms with Crippen LogP contribution in [0.25, 0.3) is 0 Å². The molecule has 0 radical (unpaired) electrons. The van der Waals surface area contributed by atoms with E-state index in [2.05, 4.69) is 15.9 Å². The number of carbonyl (C=O) groups excluding carboxylic acids is 1. The Bertz CT molecular complexity index is 678. The number of benzene rings is 2. The van der Waals surface area contributed by atoms with Gasteiger partial charge in [0.25, 0.3) is 0 Å². The molecule has 0 aliphatic rings. The van der Waals surface area contributed by atoms with Crippen molar-refractivity contribution in [2.45, 2.75) is 6.42 Å². The van der Waals surface area contributed by atoms with Crippen molar-refractivity contribution < 1.29 is 22.7 Å². The molecule has 2 rings (SSSR count). The van der Waals surface area contributed by atoms with Crippen molar-refractivity contribution in [2.75, 3.05) is 7.11 Å². The van der Waals surface area contributed by atoms with E-state index < -0.39 is 23.2 Å². The lowest BCUT2D eigenvalue weighted by Gasteiger charge is -2.07. The molecule has 2 aromatic rings. The monoisotopic (exact) mass is 358 g/mol. The van der Waals surface area contributed by atoms with Crippen molar-refractivity contribution in [1.29, 1.82) is 0 Å². The van der Waals surface area contributed by atoms with E-state index in [0.717, 1.165) is 0 Å². The van der Waals surface area contributed by atoms with Gasteiger partial charge in [0, 0.05) is 12.0 Å². The first-order valence-corrected chi connectivity index (χ1v) is 6.72. The first-order chi connectivity index (χ1) is 9.92. The molecular formula is C15H10BrF3O2. The topological polar surface area (TPSA) is 26.3 Å². The number of hydrogen-bond acceptors (Lipinski definition) is 2. The highest BCUT2D eigenvalue weighted by atomic mass is 79.9. The average molecular weight is 359 g/mol. The van der Waals surface area contributed by atoms with Crippen LogP contribution in [0.2, 0.25) is 0 Å². The molecule has 0 heterocycles. The Morgan fingerprint density at radius 2 is 1.76 bits per heavy atom. The number of hydrogen-bond donors (Lipinski definition) is 0. The highest BCUT2D eigenvalue weighted by molar-refractivity contribution is 9.10. The quantitative estimate of drug-likeness (QED) is 0.601. The van der Waals surface area contributed by atoms with Crippen LogP contribution in [0.15, 0.2) is 34.8 Å². The summed E-state index contributed by atoms with van der Waals surface area (Å²) < 4.78 is 44.8. The van der Waals surface area contributed by atoms with Crippen LogP contribution in [0.5, 0.6) is 5.75 Å². The van der Waals surface area contributed by atoms with Gasteiger partial charge in [-0.3, -0.25) is 4.79 Å². The third kappa shape index (κ3) is 3.44. The number of Topliss-reactive ketones (excluding diaryl/α,β-unsaturated/α-hetero) is 1. The summed E-state index contributed by atoms with van der Waals surface area (Å²) in [4.78, 5) is 12.0. The smallest absolute Gasteiger partial charge is 0.194 e. The van der Waals surface area contributed by atoms with Gasteiger partial charge in [0.2, 0.25) is 0 Å². The number of rotatable bonds is 4. The third-order valence-corrected chi connectivity index (χ3v) is 3.51. The fourth-order valence-corrected chi connectivity index (χ4v) is 2.41. The van der Waals surface area contributed by atoms with E-state index in [0.29, 0.717) is 27.9 Å². The SMILES string of the molecule is COc1ccc(CC(=O)c2cc(F)c(F)c(F)c2)cc1Br. The summed E-state index contributed by atoms with van der Waals surface area (Å²) in [5.74, 6) is -4.25. The number of halogens is 4. The van der Waals surface area contributed by atoms with Crippen molar-refractivity contribution in [3.63, 3.8) is 0 Å². The maximum atomic E-state index is 13.1. The molecule has 0 N–H and O–H groups in total. The lowest BCUT2D eigenvalue weighted by atomic mass is 10.0. The Morgan fingerprint density at radius 1 is 1.14 bits per heavy atom. The van der Waals surface area contributed by atoms with Crippen molar-refractivity contribution >= 4 is 21.7 Å². The summed E-state index contributed by atoms with van der Waals surface area (Å²) in [5, 5.41) is 0. The Hall–Kier alpha value is -1.82. The summed E-state index contributed by atoms with van der Waals surface area (Å²) in [6.07, 6.45) is -0.0624. The maximum Gasteiger partial charge on any atom is 0.194 e. The Labute approximate surface area is 127 Å². The van der Waals surface area contributed by atoms with E-state index in [9.17, 15) is 18.0 Å². The zero-order valence-corrected chi connectivity index (χ0v) is 12.5. The van der Waals surface area contributed by atoms with Gasteiger partial charge in [-0.1, -0.05) is 6.07 Å². The van der Waals surface area contributed by atoms with Gasteiger partial charge in [0.05, 0.1) is 11.6 Å². The predicted molar refractivity (Wildman–Crippen MR) is 75.0 cm³/mol. The van der Waals surface area contributed by atoms with Crippen LogP contribution in [0.3, 0.4) is 0 Å². The zero-order valence-electron chi connectivity index (χ0n) is 10.9.